The third-order valence-electron chi connectivity index (χ3n) is 9.42. The standard InChI is InChI=1S/C46H42O16/c1-7-39(47)57-29-13-15-31(35(21-29)53-9-3)45(51)59-33-17-11-27(19-25(33)5)43(49)61-37-23-55-42-38(24-56-41(37)42)62-44(50)28-12-18-34(26(6)20-28)60-46(52)32-16-14-30(58-40(48)8-2)22-36(32)54-10-4/h7-8,11-22,37-38,41-42H,1-2,9-10,23-24H2,3-6H3/t37-,38+,41-,42-/m1/s1. The zero-order valence-electron chi connectivity index (χ0n) is 34.2. The minimum atomic E-state index is -0.808. The Morgan fingerprint density at radius 3 is 1.31 bits per heavy atom. The van der Waals surface area contributed by atoms with E-state index in [0.29, 0.717) is 11.1 Å². The fraction of sp³-hybridized carbons (Fsp3) is 0.261. The lowest BCUT2D eigenvalue weighted by molar-refractivity contribution is -0.129. The summed E-state index contributed by atoms with van der Waals surface area (Å²) < 4.78 is 55.9. The van der Waals surface area contributed by atoms with Crippen molar-refractivity contribution in [2.24, 2.45) is 0 Å². The maximum Gasteiger partial charge on any atom is 0.347 e. The van der Waals surface area contributed by atoms with Gasteiger partial charge < -0.3 is 47.4 Å². The van der Waals surface area contributed by atoms with Crippen molar-refractivity contribution in [2.75, 3.05) is 26.4 Å². The minimum absolute atomic E-state index is 0.00950. The van der Waals surface area contributed by atoms with Gasteiger partial charge in [0.2, 0.25) is 0 Å². The Bertz CT molecular complexity index is 2250. The molecule has 16 heteroatoms. The number of benzene rings is 4. The lowest BCUT2D eigenvalue weighted by Gasteiger charge is -2.18. The fourth-order valence-corrected chi connectivity index (χ4v) is 6.47. The van der Waals surface area contributed by atoms with Crippen molar-refractivity contribution in [2.45, 2.75) is 52.1 Å². The molecule has 6 rings (SSSR count). The summed E-state index contributed by atoms with van der Waals surface area (Å²) in [5.74, 6) is -3.21. The van der Waals surface area contributed by atoms with Gasteiger partial charge in [-0.2, -0.15) is 0 Å². The molecule has 2 aliphatic rings. The largest absolute Gasteiger partial charge is 0.493 e. The van der Waals surface area contributed by atoms with Crippen molar-refractivity contribution in [3.63, 3.8) is 0 Å². The van der Waals surface area contributed by atoms with E-state index in [1.54, 1.807) is 27.7 Å². The van der Waals surface area contributed by atoms with E-state index in [4.69, 9.17) is 47.4 Å². The predicted molar refractivity (Wildman–Crippen MR) is 217 cm³/mol. The summed E-state index contributed by atoms with van der Waals surface area (Å²) >= 11 is 0. The number of carbonyl (C=O) groups is 6. The Labute approximate surface area is 355 Å². The number of hydrogen-bond donors (Lipinski definition) is 0. The van der Waals surface area contributed by atoms with E-state index in [1.807, 2.05) is 0 Å². The Morgan fingerprint density at radius 2 is 0.952 bits per heavy atom. The van der Waals surface area contributed by atoms with Crippen molar-refractivity contribution in [3.05, 3.63) is 131 Å². The van der Waals surface area contributed by atoms with E-state index < -0.39 is 60.2 Å². The van der Waals surface area contributed by atoms with Crippen LogP contribution >= 0.6 is 0 Å². The average molecular weight is 851 g/mol. The molecule has 0 saturated carbocycles. The molecule has 0 radical (unpaired) electrons. The predicted octanol–water partition coefficient (Wildman–Crippen LogP) is 6.27. The minimum Gasteiger partial charge on any atom is -0.493 e. The highest BCUT2D eigenvalue weighted by molar-refractivity contribution is 5.96. The molecule has 2 heterocycles. The molecule has 0 N–H and O–H groups in total. The van der Waals surface area contributed by atoms with Crippen LogP contribution in [0.3, 0.4) is 0 Å². The molecule has 16 nitrogen and oxygen atoms in total. The maximum atomic E-state index is 13.3. The van der Waals surface area contributed by atoms with Crippen LogP contribution in [0.1, 0.15) is 66.4 Å². The molecule has 4 aromatic rings. The highest BCUT2D eigenvalue weighted by Crippen LogP contribution is 2.34. The lowest BCUT2D eigenvalue weighted by Crippen LogP contribution is -2.36. The Morgan fingerprint density at radius 1 is 0.548 bits per heavy atom. The van der Waals surface area contributed by atoms with Crippen molar-refractivity contribution >= 4 is 35.8 Å². The summed E-state index contributed by atoms with van der Waals surface area (Å²) in [5, 5.41) is 0. The molecule has 0 bridgehead atoms. The van der Waals surface area contributed by atoms with Gasteiger partial charge in [0.1, 0.15) is 57.8 Å². The zero-order chi connectivity index (χ0) is 44.5. The second kappa shape index (κ2) is 19.8. The first-order valence-electron chi connectivity index (χ1n) is 19.3. The van der Waals surface area contributed by atoms with E-state index >= 15 is 0 Å². The van der Waals surface area contributed by atoms with Crippen LogP contribution in [0.15, 0.2) is 98.1 Å². The number of esters is 6. The van der Waals surface area contributed by atoms with Crippen LogP contribution in [0.5, 0.6) is 34.5 Å². The molecule has 322 valence electrons. The summed E-state index contributed by atoms with van der Waals surface area (Å²) in [6.07, 6.45) is -1.02. The monoisotopic (exact) mass is 850 g/mol. The van der Waals surface area contributed by atoms with Gasteiger partial charge in [0.15, 0.2) is 12.2 Å². The number of aryl methyl sites for hydroxylation is 2. The molecule has 0 spiro atoms. The average Bonchev–Trinajstić information content (AvgIpc) is 3.84. The van der Waals surface area contributed by atoms with Crippen LogP contribution in [0.25, 0.3) is 0 Å². The lowest BCUT2D eigenvalue weighted by atomic mass is 10.1. The van der Waals surface area contributed by atoms with E-state index in [0.717, 1.165) is 12.2 Å². The second-order valence-electron chi connectivity index (χ2n) is 13.7. The highest BCUT2D eigenvalue weighted by atomic mass is 16.7. The van der Waals surface area contributed by atoms with Crippen molar-refractivity contribution in [3.8, 4) is 34.5 Å². The molecule has 4 aromatic carbocycles. The summed E-state index contributed by atoms with van der Waals surface area (Å²) in [7, 11) is 0. The molecular formula is C46H42O16. The number of ether oxygens (including phenoxy) is 10. The van der Waals surface area contributed by atoms with Gasteiger partial charge in [-0.25, -0.2) is 28.8 Å². The van der Waals surface area contributed by atoms with Crippen molar-refractivity contribution in [1.82, 2.24) is 0 Å². The zero-order valence-corrected chi connectivity index (χ0v) is 34.2. The van der Waals surface area contributed by atoms with Gasteiger partial charge in [-0.05, 0) is 99.5 Å². The molecule has 4 atom stereocenters. The topological polar surface area (TPSA) is 195 Å². The Hall–Kier alpha value is -7.30. The van der Waals surface area contributed by atoms with E-state index in [-0.39, 0.29) is 83.2 Å². The summed E-state index contributed by atoms with van der Waals surface area (Å²) in [5.41, 5.74) is 1.46. The Balaban J connectivity index is 1.02. The number of fused-ring (bicyclic) bond motifs is 1. The van der Waals surface area contributed by atoms with Gasteiger partial charge in [-0.3, -0.25) is 0 Å². The van der Waals surface area contributed by atoms with Crippen LogP contribution in [0.4, 0.5) is 0 Å². The summed E-state index contributed by atoms with van der Waals surface area (Å²) in [6, 6.07) is 17.3. The smallest absolute Gasteiger partial charge is 0.347 e. The molecule has 0 aliphatic carbocycles. The van der Waals surface area contributed by atoms with Crippen molar-refractivity contribution < 1.29 is 76.1 Å². The van der Waals surface area contributed by atoms with Gasteiger partial charge in [0.05, 0.1) is 37.6 Å². The summed E-state index contributed by atoms with van der Waals surface area (Å²) in [4.78, 5) is 76.0. The normalized spacial score (nSPS) is 17.4. The number of hydrogen-bond acceptors (Lipinski definition) is 16. The highest BCUT2D eigenvalue weighted by Gasteiger charge is 2.51. The van der Waals surface area contributed by atoms with E-state index in [2.05, 4.69) is 13.2 Å². The van der Waals surface area contributed by atoms with E-state index in [9.17, 15) is 28.8 Å². The maximum absolute atomic E-state index is 13.3. The van der Waals surface area contributed by atoms with Crippen LogP contribution in [0, 0.1) is 13.8 Å². The first kappa shape index (κ1) is 44.3. The van der Waals surface area contributed by atoms with E-state index in [1.165, 1.54) is 72.8 Å². The van der Waals surface area contributed by atoms with Crippen LogP contribution in [-0.2, 0) is 28.5 Å². The molecule has 62 heavy (non-hydrogen) atoms. The molecule has 0 amide bonds. The molecule has 2 fully saturated rings. The number of carbonyl (C=O) groups excluding carboxylic acids is 6. The fourth-order valence-electron chi connectivity index (χ4n) is 6.47. The second-order valence-corrected chi connectivity index (χ2v) is 13.7. The Kier molecular flexibility index (Phi) is 14.2. The van der Waals surface area contributed by atoms with Gasteiger partial charge in [-0.15, -0.1) is 0 Å². The quantitative estimate of drug-likeness (QED) is 0.0695. The van der Waals surface area contributed by atoms with Crippen LogP contribution < -0.4 is 28.4 Å². The first-order chi connectivity index (χ1) is 29.8. The van der Waals surface area contributed by atoms with Gasteiger partial charge >= 0.3 is 35.8 Å². The van der Waals surface area contributed by atoms with Crippen LogP contribution in [0.2, 0.25) is 0 Å². The first-order valence-corrected chi connectivity index (χ1v) is 19.3. The number of rotatable bonds is 16. The molecule has 0 unspecified atom stereocenters. The summed E-state index contributed by atoms with van der Waals surface area (Å²) in [6.45, 7) is 13.9. The molecule has 2 aliphatic heterocycles. The van der Waals surface area contributed by atoms with Gasteiger partial charge in [0, 0.05) is 24.3 Å². The van der Waals surface area contributed by atoms with Gasteiger partial charge in [-0.1, -0.05) is 13.2 Å². The third-order valence-corrected chi connectivity index (χ3v) is 9.42. The molecule has 2 saturated heterocycles. The van der Waals surface area contributed by atoms with Crippen molar-refractivity contribution in [1.29, 1.82) is 0 Å². The van der Waals surface area contributed by atoms with Crippen LogP contribution in [-0.4, -0.2) is 86.7 Å². The third kappa shape index (κ3) is 10.3. The molecular weight excluding hydrogens is 808 g/mol. The van der Waals surface area contributed by atoms with Gasteiger partial charge in [0.25, 0.3) is 0 Å². The molecule has 0 aromatic heterocycles. The SMILES string of the molecule is C=CC(=O)Oc1ccc(C(=O)Oc2ccc(C(=O)O[C@H]3CO[C@H]4[C@@H]3OC[C@H]4OC(=O)c3ccc(OC(=O)c4ccc(OC(=O)C=C)cc4OCC)c(C)c3)cc2C)c(OCC)c1.